The molecule has 0 aliphatic carbocycles. The summed E-state index contributed by atoms with van der Waals surface area (Å²) >= 11 is 1.28. The van der Waals surface area contributed by atoms with Crippen LogP contribution in [-0.2, 0) is 19.3 Å². The van der Waals surface area contributed by atoms with Gasteiger partial charge in [0.1, 0.15) is 0 Å². The van der Waals surface area contributed by atoms with Gasteiger partial charge in [-0.2, -0.15) is 23.4 Å². The maximum atomic E-state index is 13.7. The molecule has 30 heavy (non-hydrogen) atoms. The first-order chi connectivity index (χ1) is 14.3. The fourth-order valence-corrected chi connectivity index (χ4v) is 3.81. The lowest BCUT2D eigenvalue weighted by Gasteiger charge is -2.16. The number of nitrogens with zero attached hydrogens (tertiary/aromatic N) is 6. The third-order valence-electron chi connectivity index (χ3n) is 4.56. The Balaban J connectivity index is 1.72. The SMILES string of the molecule is CCn1nccc1CN(C)C(=O)c1cc2nc(-c3cccs3)cc(C(F)(F)F)n2n1. The molecule has 0 unspecified atom stereocenters. The smallest absolute Gasteiger partial charge is 0.334 e. The zero-order chi connectivity index (χ0) is 21.5. The van der Waals surface area contributed by atoms with Gasteiger partial charge in [0.2, 0.25) is 0 Å². The molecule has 0 N–H and O–H groups in total. The molecular formula is C19H17F3N6OS. The lowest BCUT2D eigenvalue weighted by molar-refractivity contribution is -0.142. The Morgan fingerprint density at radius 1 is 1.27 bits per heavy atom. The van der Waals surface area contributed by atoms with E-state index >= 15 is 0 Å². The summed E-state index contributed by atoms with van der Waals surface area (Å²) in [6.45, 7) is 2.82. The van der Waals surface area contributed by atoms with Crippen molar-refractivity contribution < 1.29 is 18.0 Å². The molecule has 0 bridgehead atoms. The summed E-state index contributed by atoms with van der Waals surface area (Å²) < 4.78 is 43.4. The lowest BCUT2D eigenvalue weighted by Crippen LogP contribution is -2.28. The summed E-state index contributed by atoms with van der Waals surface area (Å²) in [5, 5.41) is 9.83. The fourth-order valence-electron chi connectivity index (χ4n) is 3.12. The highest BCUT2D eigenvalue weighted by atomic mass is 32.1. The van der Waals surface area contributed by atoms with Crippen molar-refractivity contribution in [1.82, 2.24) is 29.3 Å². The van der Waals surface area contributed by atoms with Crippen LogP contribution in [0.1, 0.15) is 28.8 Å². The maximum absolute atomic E-state index is 13.7. The quantitative estimate of drug-likeness (QED) is 0.477. The predicted molar refractivity (Wildman–Crippen MR) is 105 cm³/mol. The second kappa shape index (κ2) is 7.56. The fraction of sp³-hybridized carbons (Fsp3) is 0.263. The highest BCUT2D eigenvalue weighted by molar-refractivity contribution is 7.13. The minimum Gasteiger partial charge on any atom is -0.334 e. The van der Waals surface area contributed by atoms with Gasteiger partial charge >= 0.3 is 6.18 Å². The van der Waals surface area contributed by atoms with Gasteiger partial charge in [0.05, 0.1) is 22.8 Å². The Morgan fingerprint density at radius 2 is 2.07 bits per heavy atom. The van der Waals surface area contributed by atoms with Crippen molar-refractivity contribution in [3.63, 3.8) is 0 Å². The molecule has 0 radical (unpaired) electrons. The van der Waals surface area contributed by atoms with Gasteiger partial charge in [0.25, 0.3) is 5.91 Å². The zero-order valence-electron chi connectivity index (χ0n) is 16.1. The molecule has 0 spiro atoms. The summed E-state index contributed by atoms with van der Waals surface area (Å²) in [5.41, 5.74) is -0.137. The third-order valence-corrected chi connectivity index (χ3v) is 5.45. The first kappa shape index (κ1) is 20.1. The molecule has 156 valence electrons. The van der Waals surface area contributed by atoms with Crippen molar-refractivity contribution >= 4 is 22.9 Å². The van der Waals surface area contributed by atoms with E-state index in [9.17, 15) is 18.0 Å². The number of hydrogen-bond donors (Lipinski definition) is 0. The molecule has 7 nitrogen and oxygen atoms in total. The Labute approximate surface area is 173 Å². The predicted octanol–water partition coefficient (Wildman–Crippen LogP) is 3.97. The summed E-state index contributed by atoms with van der Waals surface area (Å²) in [6.07, 6.45) is -3.02. The number of aryl methyl sites for hydroxylation is 1. The standard InChI is InChI=1S/C19H17F3N6OS/c1-3-27-12(6-7-23-27)11-26(2)18(29)14-10-17-24-13(15-5-4-8-30-15)9-16(19(20,21)22)28(17)25-14/h4-10H,3,11H2,1-2H3. The van der Waals surface area contributed by atoms with E-state index in [1.165, 1.54) is 22.3 Å². The molecule has 0 atom stereocenters. The van der Waals surface area contributed by atoms with Crippen LogP contribution >= 0.6 is 11.3 Å². The zero-order valence-corrected chi connectivity index (χ0v) is 16.9. The normalized spacial score (nSPS) is 11.9. The average Bonchev–Trinajstić information content (AvgIpc) is 3.45. The molecule has 0 saturated heterocycles. The van der Waals surface area contributed by atoms with Crippen molar-refractivity contribution in [2.75, 3.05) is 7.05 Å². The number of hydrogen-bond acceptors (Lipinski definition) is 5. The third kappa shape index (κ3) is 3.67. The number of carbonyl (C=O) groups excluding carboxylic acids is 1. The minimum absolute atomic E-state index is 0.0384. The number of amides is 1. The van der Waals surface area contributed by atoms with Crippen LogP contribution < -0.4 is 0 Å². The van der Waals surface area contributed by atoms with Crippen molar-refractivity contribution in [3.8, 4) is 10.6 Å². The monoisotopic (exact) mass is 434 g/mol. The number of rotatable bonds is 5. The van der Waals surface area contributed by atoms with Gasteiger partial charge in [0, 0.05) is 25.9 Å². The van der Waals surface area contributed by atoms with E-state index in [1.54, 1.807) is 41.5 Å². The largest absolute Gasteiger partial charge is 0.433 e. The van der Waals surface area contributed by atoms with E-state index in [-0.39, 0.29) is 23.6 Å². The molecular weight excluding hydrogens is 417 g/mol. The minimum atomic E-state index is -4.65. The van der Waals surface area contributed by atoms with E-state index in [0.717, 1.165) is 11.8 Å². The first-order valence-corrected chi connectivity index (χ1v) is 9.94. The van der Waals surface area contributed by atoms with Gasteiger partial charge in [-0.25, -0.2) is 9.50 Å². The average molecular weight is 434 g/mol. The molecule has 0 aromatic carbocycles. The van der Waals surface area contributed by atoms with Crippen LogP contribution in [0.2, 0.25) is 0 Å². The van der Waals surface area contributed by atoms with Crippen molar-refractivity contribution in [3.05, 3.63) is 59.0 Å². The summed E-state index contributed by atoms with van der Waals surface area (Å²) in [6, 6.07) is 7.44. The van der Waals surface area contributed by atoms with Gasteiger partial charge in [-0.05, 0) is 30.5 Å². The molecule has 11 heteroatoms. The Morgan fingerprint density at radius 3 is 2.73 bits per heavy atom. The van der Waals surface area contributed by atoms with E-state index < -0.39 is 17.8 Å². The number of aromatic nitrogens is 5. The maximum Gasteiger partial charge on any atom is 0.433 e. The van der Waals surface area contributed by atoms with E-state index in [2.05, 4.69) is 15.2 Å². The van der Waals surface area contributed by atoms with Crippen molar-refractivity contribution in [2.45, 2.75) is 26.2 Å². The highest BCUT2D eigenvalue weighted by Gasteiger charge is 2.36. The van der Waals surface area contributed by atoms with Crippen LogP contribution in [0.3, 0.4) is 0 Å². The summed E-state index contributed by atoms with van der Waals surface area (Å²) in [5.74, 6) is -0.504. The van der Waals surface area contributed by atoms with Crippen LogP contribution in [0.4, 0.5) is 13.2 Å². The number of carbonyl (C=O) groups is 1. The van der Waals surface area contributed by atoms with Gasteiger partial charge in [-0.1, -0.05) is 6.07 Å². The molecule has 0 aliphatic rings. The first-order valence-electron chi connectivity index (χ1n) is 9.06. The summed E-state index contributed by atoms with van der Waals surface area (Å²) in [7, 11) is 1.56. The Kier molecular flexibility index (Phi) is 5.06. The van der Waals surface area contributed by atoms with Crippen molar-refractivity contribution in [2.24, 2.45) is 0 Å². The van der Waals surface area contributed by atoms with Crippen LogP contribution in [0.5, 0.6) is 0 Å². The summed E-state index contributed by atoms with van der Waals surface area (Å²) in [4.78, 5) is 19.1. The number of halogens is 3. The van der Waals surface area contributed by atoms with E-state index in [4.69, 9.17) is 0 Å². The lowest BCUT2D eigenvalue weighted by atomic mass is 10.2. The molecule has 0 saturated carbocycles. The van der Waals surface area contributed by atoms with Gasteiger partial charge in [-0.3, -0.25) is 9.48 Å². The number of fused-ring (bicyclic) bond motifs is 1. The molecule has 4 rings (SSSR count). The highest BCUT2D eigenvalue weighted by Crippen LogP contribution is 2.33. The molecule has 4 heterocycles. The van der Waals surface area contributed by atoms with E-state index in [1.807, 2.05) is 6.92 Å². The van der Waals surface area contributed by atoms with Crippen molar-refractivity contribution in [1.29, 1.82) is 0 Å². The topological polar surface area (TPSA) is 68.3 Å². The second-order valence-corrected chi connectivity index (χ2v) is 7.55. The molecule has 4 aromatic heterocycles. The van der Waals surface area contributed by atoms with Crippen LogP contribution in [0.15, 0.2) is 41.9 Å². The number of alkyl halides is 3. The molecule has 1 amide bonds. The second-order valence-electron chi connectivity index (χ2n) is 6.60. The Hall–Kier alpha value is -3.21. The van der Waals surface area contributed by atoms with Gasteiger partial charge < -0.3 is 4.90 Å². The molecule has 0 fully saturated rings. The van der Waals surface area contributed by atoms with Crippen LogP contribution in [0, 0.1) is 0 Å². The molecule has 4 aromatic rings. The van der Waals surface area contributed by atoms with Gasteiger partial charge in [-0.15, -0.1) is 11.3 Å². The molecule has 0 aliphatic heterocycles. The van der Waals surface area contributed by atoms with Crippen LogP contribution in [-0.4, -0.2) is 42.2 Å². The van der Waals surface area contributed by atoms with Gasteiger partial charge in [0.15, 0.2) is 17.0 Å². The van der Waals surface area contributed by atoms with Crippen LogP contribution in [0.25, 0.3) is 16.2 Å². The number of thiophene rings is 1. The van der Waals surface area contributed by atoms with E-state index in [0.29, 0.717) is 15.9 Å². The Bertz CT molecular complexity index is 1200.